The maximum Gasteiger partial charge on any atom is 0.105 e. The van der Waals surface area contributed by atoms with Gasteiger partial charge in [0.15, 0.2) is 0 Å². The molecule has 1 atom stereocenters. The summed E-state index contributed by atoms with van der Waals surface area (Å²) in [7, 11) is 0. The van der Waals surface area contributed by atoms with E-state index in [4.69, 9.17) is 0 Å². The lowest BCUT2D eigenvalue weighted by Crippen LogP contribution is -2.09. The molecule has 3 heteroatoms. The van der Waals surface area contributed by atoms with Crippen LogP contribution in [0.25, 0.3) is 0 Å². The largest absolute Gasteiger partial charge is 0.384 e. The van der Waals surface area contributed by atoms with Gasteiger partial charge >= 0.3 is 0 Å². The molecule has 2 aromatic carbocycles. The maximum atomic E-state index is 10.6. The van der Waals surface area contributed by atoms with Crippen molar-refractivity contribution in [1.29, 1.82) is 0 Å². The van der Waals surface area contributed by atoms with Crippen molar-refractivity contribution in [3.63, 3.8) is 0 Å². The fraction of sp³-hybridized carbons (Fsp3) is 0.294. The third-order valence-electron chi connectivity index (χ3n) is 4.06. The molecule has 1 unspecified atom stereocenters. The lowest BCUT2D eigenvalue weighted by molar-refractivity contribution is 0.219. The zero-order chi connectivity index (χ0) is 14.1. The van der Waals surface area contributed by atoms with Crippen LogP contribution in [-0.2, 0) is 0 Å². The molecule has 0 spiro atoms. The number of hydrogen-bond acceptors (Lipinski definition) is 1. The van der Waals surface area contributed by atoms with Gasteiger partial charge in [-0.25, -0.2) is 0 Å². The summed E-state index contributed by atoms with van der Waals surface area (Å²) < 4.78 is 1.93. The Morgan fingerprint density at radius 1 is 1.05 bits per heavy atom. The summed E-state index contributed by atoms with van der Waals surface area (Å²) in [6, 6.07) is 14.3. The Balaban J connectivity index is 1.91. The first-order chi connectivity index (χ1) is 9.65. The van der Waals surface area contributed by atoms with Crippen molar-refractivity contribution in [2.24, 2.45) is 0 Å². The Bertz CT molecular complexity index is 620. The molecule has 1 nitrogen and oxygen atoms in total. The molecule has 0 heterocycles. The monoisotopic (exact) mass is 394 g/mol. The van der Waals surface area contributed by atoms with Gasteiger partial charge in [-0.3, -0.25) is 0 Å². The first kappa shape index (κ1) is 14.3. The third-order valence-corrected chi connectivity index (χ3v) is 5.24. The van der Waals surface area contributed by atoms with E-state index in [-0.39, 0.29) is 0 Å². The van der Waals surface area contributed by atoms with Crippen LogP contribution in [0.5, 0.6) is 0 Å². The van der Waals surface area contributed by atoms with Crippen LogP contribution in [0.3, 0.4) is 0 Å². The number of rotatable bonds is 3. The van der Waals surface area contributed by atoms with Crippen LogP contribution in [0.2, 0.25) is 0 Å². The Hall–Kier alpha value is -0.640. The van der Waals surface area contributed by atoms with E-state index in [0.29, 0.717) is 5.92 Å². The molecule has 1 fully saturated rings. The molecule has 1 aliphatic carbocycles. The van der Waals surface area contributed by atoms with Gasteiger partial charge in [-0.05, 0) is 47.6 Å². The average molecular weight is 396 g/mol. The molecular weight excluding hydrogens is 380 g/mol. The Kier molecular flexibility index (Phi) is 4.29. The highest BCUT2D eigenvalue weighted by atomic mass is 79.9. The quantitative estimate of drug-likeness (QED) is 0.721. The Morgan fingerprint density at radius 2 is 1.85 bits per heavy atom. The number of aliphatic hydroxyl groups is 1. The highest BCUT2D eigenvalue weighted by Gasteiger charge is 2.21. The standard InChI is InChI=1S/C17H16Br2O/c18-14-7-8-15(16(19)10-14)17(20)13-6-2-5-12(9-13)11-3-1-4-11/h2,5-11,17,20H,1,3-4H2. The van der Waals surface area contributed by atoms with E-state index in [1.165, 1.54) is 24.8 Å². The predicted octanol–water partition coefficient (Wildman–Crippen LogP) is 5.56. The van der Waals surface area contributed by atoms with Crippen LogP contribution < -0.4 is 0 Å². The second-order valence-electron chi connectivity index (χ2n) is 5.37. The molecule has 1 aliphatic rings. The molecule has 2 aromatic rings. The van der Waals surface area contributed by atoms with Crippen molar-refractivity contribution in [3.05, 3.63) is 68.1 Å². The van der Waals surface area contributed by atoms with Crippen LogP contribution in [0, 0.1) is 0 Å². The molecule has 104 valence electrons. The SMILES string of the molecule is OC(c1cccc(C2CCC2)c1)c1ccc(Br)cc1Br. The van der Waals surface area contributed by atoms with Gasteiger partial charge < -0.3 is 5.11 Å². The number of benzene rings is 2. The summed E-state index contributed by atoms with van der Waals surface area (Å²) in [5.41, 5.74) is 3.23. The topological polar surface area (TPSA) is 20.2 Å². The van der Waals surface area contributed by atoms with Gasteiger partial charge in [-0.2, -0.15) is 0 Å². The lowest BCUT2D eigenvalue weighted by Gasteiger charge is -2.26. The van der Waals surface area contributed by atoms with Crippen molar-refractivity contribution in [3.8, 4) is 0 Å². The predicted molar refractivity (Wildman–Crippen MR) is 88.9 cm³/mol. The Morgan fingerprint density at radius 3 is 2.50 bits per heavy atom. The summed E-state index contributed by atoms with van der Waals surface area (Å²) >= 11 is 6.96. The zero-order valence-electron chi connectivity index (χ0n) is 11.0. The molecule has 0 aliphatic heterocycles. The van der Waals surface area contributed by atoms with Gasteiger partial charge in [-0.15, -0.1) is 0 Å². The molecule has 0 radical (unpaired) electrons. The normalized spacial score (nSPS) is 16.8. The highest BCUT2D eigenvalue weighted by Crippen LogP contribution is 2.38. The number of halogens is 2. The first-order valence-corrected chi connectivity index (χ1v) is 8.46. The van der Waals surface area contributed by atoms with E-state index in [0.717, 1.165) is 20.1 Å². The minimum Gasteiger partial charge on any atom is -0.384 e. The molecular formula is C17H16Br2O. The van der Waals surface area contributed by atoms with Crippen LogP contribution >= 0.6 is 31.9 Å². The number of hydrogen-bond donors (Lipinski definition) is 1. The number of aliphatic hydroxyl groups excluding tert-OH is 1. The van der Waals surface area contributed by atoms with Gasteiger partial charge in [0.05, 0.1) is 0 Å². The summed E-state index contributed by atoms with van der Waals surface area (Å²) in [6.07, 6.45) is 3.30. The van der Waals surface area contributed by atoms with E-state index in [2.05, 4.69) is 50.1 Å². The highest BCUT2D eigenvalue weighted by molar-refractivity contribution is 9.11. The minimum atomic E-state index is -0.586. The summed E-state index contributed by atoms with van der Waals surface area (Å²) in [6.45, 7) is 0. The second kappa shape index (κ2) is 6.00. The molecule has 1 N–H and O–H groups in total. The smallest absolute Gasteiger partial charge is 0.105 e. The second-order valence-corrected chi connectivity index (χ2v) is 7.14. The van der Waals surface area contributed by atoms with E-state index >= 15 is 0 Å². The van der Waals surface area contributed by atoms with Crippen molar-refractivity contribution in [2.75, 3.05) is 0 Å². The van der Waals surface area contributed by atoms with E-state index in [9.17, 15) is 5.11 Å². The fourth-order valence-corrected chi connectivity index (χ4v) is 3.89. The van der Waals surface area contributed by atoms with Gasteiger partial charge in [0, 0.05) is 8.95 Å². The zero-order valence-corrected chi connectivity index (χ0v) is 14.2. The molecule has 3 rings (SSSR count). The van der Waals surface area contributed by atoms with Gasteiger partial charge in [0.2, 0.25) is 0 Å². The van der Waals surface area contributed by atoms with Gasteiger partial charge in [-0.1, -0.05) is 68.6 Å². The van der Waals surface area contributed by atoms with Crippen LogP contribution in [0.4, 0.5) is 0 Å². The van der Waals surface area contributed by atoms with Gasteiger partial charge in [0.25, 0.3) is 0 Å². The molecule has 20 heavy (non-hydrogen) atoms. The third kappa shape index (κ3) is 2.85. The maximum absolute atomic E-state index is 10.6. The van der Waals surface area contributed by atoms with E-state index in [1.54, 1.807) is 0 Å². The fourth-order valence-electron chi connectivity index (χ4n) is 2.63. The van der Waals surface area contributed by atoms with E-state index in [1.807, 2.05) is 24.3 Å². The first-order valence-electron chi connectivity index (χ1n) is 6.88. The lowest BCUT2D eigenvalue weighted by atomic mass is 9.79. The van der Waals surface area contributed by atoms with Crippen molar-refractivity contribution < 1.29 is 5.11 Å². The molecule has 0 saturated heterocycles. The summed E-state index contributed by atoms with van der Waals surface area (Å²) in [5.74, 6) is 0.690. The van der Waals surface area contributed by atoms with Crippen LogP contribution in [-0.4, -0.2) is 5.11 Å². The Labute approximate surface area is 136 Å². The van der Waals surface area contributed by atoms with E-state index < -0.39 is 6.10 Å². The van der Waals surface area contributed by atoms with Crippen molar-refractivity contribution >= 4 is 31.9 Å². The van der Waals surface area contributed by atoms with Crippen molar-refractivity contribution in [1.82, 2.24) is 0 Å². The molecule has 0 bridgehead atoms. The van der Waals surface area contributed by atoms with Crippen LogP contribution in [0.15, 0.2) is 51.4 Å². The van der Waals surface area contributed by atoms with Crippen LogP contribution in [0.1, 0.15) is 48.0 Å². The molecule has 0 aromatic heterocycles. The molecule has 0 amide bonds. The summed E-state index contributed by atoms with van der Waals surface area (Å²) in [5, 5.41) is 10.6. The molecule has 1 saturated carbocycles. The minimum absolute atomic E-state index is 0.586. The average Bonchev–Trinajstić information content (AvgIpc) is 2.36. The van der Waals surface area contributed by atoms with Gasteiger partial charge in [0.1, 0.15) is 6.10 Å². The summed E-state index contributed by atoms with van der Waals surface area (Å²) in [4.78, 5) is 0. The van der Waals surface area contributed by atoms with Crippen molar-refractivity contribution in [2.45, 2.75) is 31.3 Å².